The summed E-state index contributed by atoms with van der Waals surface area (Å²) in [6.45, 7) is 0. The van der Waals surface area contributed by atoms with Crippen molar-refractivity contribution >= 4 is 0 Å². The van der Waals surface area contributed by atoms with E-state index in [-0.39, 0.29) is 0 Å². The van der Waals surface area contributed by atoms with E-state index in [9.17, 15) is 0 Å². The third kappa shape index (κ3) is 3.71. The molecule has 0 aliphatic carbocycles. The first-order valence-corrected chi connectivity index (χ1v) is 9.74. The van der Waals surface area contributed by atoms with Crippen LogP contribution in [0.25, 0.3) is 45.3 Å². The normalized spacial score (nSPS) is 10.7. The number of aromatic nitrogens is 4. The number of rotatable bonds is 4. The number of benzene rings is 3. The largest absolute Gasteiger partial charge is 0.237 e. The van der Waals surface area contributed by atoms with Gasteiger partial charge in [-0.3, -0.25) is 0 Å². The molecule has 4 nitrogen and oxygen atoms in total. The van der Waals surface area contributed by atoms with Gasteiger partial charge in [-0.2, -0.15) is 0 Å². The Morgan fingerprint density at radius 3 is 1.30 bits per heavy atom. The SMILES string of the molecule is c1ccc(-c2nccc(-c3cccc(-c4ccnc(-c5ccccc5)n4)c3)n2)cc1. The van der Waals surface area contributed by atoms with E-state index in [2.05, 4.69) is 28.2 Å². The highest BCUT2D eigenvalue weighted by atomic mass is 14.9. The lowest BCUT2D eigenvalue weighted by molar-refractivity contribution is 1.17. The second-order valence-corrected chi connectivity index (χ2v) is 6.84. The predicted molar refractivity (Wildman–Crippen MR) is 119 cm³/mol. The topological polar surface area (TPSA) is 51.6 Å². The molecule has 2 heterocycles. The first kappa shape index (κ1) is 17.9. The van der Waals surface area contributed by atoms with Crippen LogP contribution in [0.4, 0.5) is 0 Å². The molecule has 0 aliphatic rings. The molecule has 0 spiro atoms. The molecule has 0 atom stereocenters. The van der Waals surface area contributed by atoms with Gasteiger partial charge in [-0.25, -0.2) is 19.9 Å². The standard InChI is InChI=1S/C26H18N4/c1-3-8-19(9-4-1)25-27-16-14-23(29-25)21-12-7-13-22(18-21)24-15-17-28-26(30-24)20-10-5-2-6-11-20/h1-18H. The Kier molecular flexibility index (Phi) is 4.80. The van der Waals surface area contributed by atoms with E-state index < -0.39 is 0 Å². The molecule has 0 N–H and O–H groups in total. The van der Waals surface area contributed by atoms with Gasteiger partial charge in [0.25, 0.3) is 0 Å². The summed E-state index contributed by atoms with van der Waals surface area (Å²) < 4.78 is 0. The summed E-state index contributed by atoms with van der Waals surface area (Å²) >= 11 is 0. The lowest BCUT2D eigenvalue weighted by atomic mass is 10.0. The Morgan fingerprint density at radius 2 is 0.833 bits per heavy atom. The summed E-state index contributed by atoms with van der Waals surface area (Å²) in [5.74, 6) is 1.43. The van der Waals surface area contributed by atoms with Crippen molar-refractivity contribution in [2.45, 2.75) is 0 Å². The third-order valence-corrected chi connectivity index (χ3v) is 4.83. The van der Waals surface area contributed by atoms with Crippen LogP contribution in [0.2, 0.25) is 0 Å². The molecule has 0 amide bonds. The van der Waals surface area contributed by atoms with E-state index in [1.54, 1.807) is 12.4 Å². The Bertz CT molecular complexity index is 1190. The summed E-state index contributed by atoms with van der Waals surface area (Å²) in [6.07, 6.45) is 3.60. The zero-order valence-corrected chi connectivity index (χ0v) is 16.2. The van der Waals surface area contributed by atoms with Gasteiger partial charge >= 0.3 is 0 Å². The molecule has 5 rings (SSSR count). The van der Waals surface area contributed by atoms with Gasteiger partial charge in [-0.15, -0.1) is 0 Å². The highest BCUT2D eigenvalue weighted by molar-refractivity contribution is 5.71. The highest BCUT2D eigenvalue weighted by Crippen LogP contribution is 2.26. The van der Waals surface area contributed by atoms with Crippen molar-refractivity contribution < 1.29 is 0 Å². The molecule has 30 heavy (non-hydrogen) atoms. The summed E-state index contributed by atoms with van der Waals surface area (Å²) in [7, 11) is 0. The van der Waals surface area contributed by atoms with Gasteiger partial charge in [0.15, 0.2) is 11.6 Å². The van der Waals surface area contributed by atoms with Gasteiger partial charge in [-0.1, -0.05) is 78.9 Å². The molecule has 4 heteroatoms. The van der Waals surface area contributed by atoms with Crippen LogP contribution in [-0.4, -0.2) is 19.9 Å². The van der Waals surface area contributed by atoms with Gasteiger partial charge in [0, 0.05) is 34.6 Å². The van der Waals surface area contributed by atoms with Gasteiger partial charge in [-0.05, 0) is 18.2 Å². The van der Waals surface area contributed by atoms with Crippen LogP contribution in [0.3, 0.4) is 0 Å². The molecule has 0 radical (unpaired) electrons. The maximum absolute atomic E-state index is 4.77. The minimum atomic E-state index is 0.715. The van der Waals surface area contributed by atoms with Crippen LogP contribution in [-0.2, 0) is 0 Å². The molecule has 0 unspecified atom stereocenters. The lowest BCUT2D eigenvalue weighted by Gasteiger charge is -2.08. The lowest BCUT2D eigenvalue weighted by Crippen LogP contribution is -1.93. The minimum absolute atomic E-state index is 0.715. The minimum Gasteiger partial charge on any atom is -0.237 e. The van der Waals surface area contributed by atoms with Crippen LogP contribution in [0.5, 0.6) is 0 Å². The van der Waals surface area contributed by atoms with Gasteiger partial charge in [0.2, 0.25) is 0 Å². The second-order valence-electron chi connectivity index (χ2n) is 6.84. The number of hydrogen-bond donors (Lipinski definition) is 0. The van der Waals surface area contributed by atoms with E-state index in [0.29, 0.717) is 11.6 Å². The van der Waals surface area contributed by atoms with Gasteiger partial charge in [0.1, 0.15) is 0 Å². The van der Waals surface area contributed by atoms with E-state index in [4.69, 9.17) is 9.97 Å². The van der Waals surface area contributed by atoms with E-state index in [1.165, 1.54) is 0 Å². The van der Waals surface area contributed by atoms with Crippen LogP contribution in [0.1, 0.15) is 0 Å². The molecule has 5 aromatic rings. The zero-order valence-electron chi connectivity index (χ0n) is 16.2. The summed E-state index contributed by atoms with van der Waals surface area (Å²) in [5.41, 5.74) is 5.79. The molecule has 2 aromatic heterocycles. The van der Waals surface area contributed by atoms with Crippen molar-refractivity contribution in [3.05, 3.63) is 109 Å². The van der Waals surface area contributed by atoms with Crippen LogP contribution >= 0.6 is 0 Å². The molecule has 0 saturated heterocycles. The average Bonchev–Trinajstić information content (AvgIpc) is 2.85. The number of nitrogens with zero attached hydrogens (tertiary/aromatic N) is 4. The maximum atomic E-state index is 4.77. The fourth-order valence-electron chi connectivity index (χ4n) is 3.33. The van der Waals surface area contributed by atoms with Crippen molar-refractivity contribution in [2.24, 2.45) is 0 Å². The van der Waals surface area contributed by atoms with Crippen LogP contribution in [0, 0.1) is 0 Å². The number of hydrogen-bond acceptors (Lipinski definition) is 4. The van der Waals surface area contributed by atoms with E-state index >= 15 is 0 Å². The van der Waals surface area contributed by atoms with Crippen molar-refractivity contribution in [3.63, 3.8) is 0 Å². The van der Waals surface area contributed by atoms with Gasteiger partial charge in [0.05, 0.1) is 11.4 Å². The first-order chi connectivity index (χ1) is 14.9. The molecule has 0 bridgehead atoms. The summed E-state index contributed by atoms with van der Waals surface area (Å²) in [5, 5.41) is 0. The Labute approximate surface area is 175 Å². The second kappa shape index (κ2) is 8.05. The molecular formula is C26H18N4. The van der Waals surface area contributed by atoms with Crippen molar-refractivity contribution in [3.8, 4) is 45.3 Å². The molecular weight excluding hydrogens is 368 g/mol. The Morgan fingerprint density at radius 1 is 0.400 bits per heavy atom. The van der Waals surface area contributed by atoms with Crippen molar-refractivity contribution in [2.75, 3.05) is 0 Å². The third-order valence-electron chi connectivity index (χ3n) is 4.83. The van der Waals surface area contributed by atoms with Crippen molar-refractivity contribution in [1.82, 2.24) is 19.9 Å². The van der Waals surface area contributed by atoms with E-state index in [1.807, 2.05) is 78.9 Å². The quantitative estimate of drug-likeness (QED) is 0.384. The first-order valence-electron chi connectivity index (χ1n) is 9.74. The monoisotopic (exact) mass is 386 g/mol. The fourth-order valence-corrected chi connectivity index (χ4v) is 3.33. The predicted octanol–water partition coefficient (Wildman–Crippen LogP) is 5.93. The smallest absolute Gasteiger partial charge is 0.159 e. The Hall–Kier alpha value is -4.18. The van der Waals surface area contributed by atoms with Crippen molar-refractivity contribution in [1.29, 1.82) is 0 Å². The molecule has 3 aromatic carbocycles. The molecule has 0 fully saturated rings. The Balaban J connectivity index is 1.52. The van der Waals surface area contributed by atoms with Crippen LogP contribution < -0.4 is 0 Å². The maximum Gasteiger partial charge on any atom is 0.159 e. The summed E-state index contributed by atoms with van der Waals surface area (Å²) in [4.78, 5) is 18.4. The molecule has 0 saturated carbocycles. The van der Waals surface area contributed by atoms with E-state index in [0.717, 1.165) is 33.6 Å². The average molecular weight is 386 g/mol. The zero-order chi connectivity index (χ0) is 20.2. The highest BCUT2D eigenvalue weighted by Gasteiger charge is 2.08. The van der Waals surface area contributed by atoms with Crippen LogP contribution in [0.15, 0.2) is 109 Å². The van der Waals surface area contributed by atoms with Gasteiger partial charge < -0.3 is 0 Å². The molecule has 142 valence electrons. The fraction of sp³-hybridized carbons (Fsp3) is 0. The summed E-state index contributed by atoms with van der Waals surface area (Å²) in [6, 6.07) is 32.1. The molecule has 0 aliphatic heterocycles.